The first-order chi connectivity index (χ1) is 15.7. The molecule has 178 valence electrons. The minimum atomic E-state index is 0.0711. The summed E-state index contributed by atoms with van der Waals surface area (Å²) in [5.41, 5.74) is 7.88. The molecule has 0 fully saturated rings. The van der Waals surface area contributed by atoms with E-state index in [0.29, 0.717) is 0 Å². The highest BCUT2D eigenvalue weighted by Gasteiger charge is 2.28. The Bertz CT molecular complexity index is 1150. The lowest BCUT2D eigenvalue weighted by Gasteiger charge is -2.32. The van der Waals surface area contributed by atoms with Crippen molar-refractivity contribution in [3.63, 3.8) is 0 Å². The van der Waals surface area contributed by atoms with Crippen LogP contribution in [0.4, 0.5) is 5.69 Å². The van der Waals surface area contributed by atoms with Gasteiger partial charge in [-0.15, -0.1) is 0 Å². The van der Waals surface area contributed by atoms with Crippen molar-refractivity contribution >= 4 is 31.2 Å². The molecule has 3 aromatic rings. The predicted molar refractivity (Wildman–Crippen MR) is 154 cm³/mol. The van der Waals surface area contributed by atoms with Gasteiger partial charge in [0.15, 0.2) is 0 Å². The molecule has 0 atom stereocenters. The molecule has 0 saturated carbocycles. The second-order valence-electron chi connectivity index (χ2n) is 12.2. The minimum Gasteiger partial charge on any atom is -0.256 e. The van der Waals surface area contributed by atoms with Crippen molar-refractivity contribution in [1.82, 2.24) is 0 Å². The maximum absolute atomic E-state index is 4.62. The molecule has 0 aliphatic rings. The Kier molecular flexibility index (Phi) is 7.69. The molecule has 0 N–H and O–H groups in total. The van der Waals surface area contributed by atoms with Crippen LogP contribution in [0, 0.1) is 0 Å². The van der Waals surface area contributed by atoms with Crippen LogP contribution in [0.1, 0.15) is 90.1 Å². The molecule has 0 aromatic heterocycles. The van der Waals surface area contributed by atoms with Gasteiger partial charge in [0.25, 0.3) is 0 Å². The largest absolute Gasteiger partial charge is 0.256 e. The quantitative estimate of drug-likeness (QED) is 0.267. The molecule has 3 rings (SSSR count). The highest BCUT2D eigenvalue weighted by Crippen LogP contribution is 2.35. The van der Waals surface area contributed by atoms with Crippen LogP contribution in [0.25, 0.3) is 0 Å². The summed E-state index contributed by atoms with van der Waals surface area (Å²) in [5.74, 6) is 2.34. The molecule has 0 saturated heterocycles. The zero-order valence-electron chi connectivity index (χ0n) is 22.4. The van der Waals surface area contributed by atoms with E-state index in [1.54, 1.807) is 0 Å². The summed E-state index contributed by atoms with van der Waals surface area (Å²) in [6.45, 7) is 20.9. The summed E-state index contributed by atoms with van der Waals surface area (Å²) in [7, 11) is 1.23. The first kappa shape index (κ1) is 26.1. The second-order valence-corrected chi connectivity index (χ2v) is 13.2. The van der Waals surface area contributed by atoms with E-state index in [1.165, 1.54) is 35.8 Å². The van der Waals surface area contributed by atoms with Gasteiger partial charge < -0.3 is 0 Å². The summed E-state index contributed by atoms with van der Waals surface area (Å²) in [4.78, 5) is 4.62. The van der Waals surface area contributed by atoms with Crippen LogP contribution < -0.4 is 5.30 Å². The number of nitrogens with zero attached hydrogens (tertiary/aromatic N) is 1. The smallest absolute Gasteiger partial charge is 0.0629 e. The van der Waals surface area contributed by atoms with E-state index in [1.807, 2.05) is 36.5 Å². The highest BCUT2D eigenvalue weighted by atomic mass is 31.1. The summed E-state index contributed by atoms with van der Waals surface area (Å²) in [6.07, 6.45) is 1.95. The molecule has 3 aromatic carbocycles. The molecule has 0 spiro atoms. The average Bonchev–Trinajstić information content (AvgIpc) is 2.75. The zero-order chi connectivity index (χ0) is 25.1. The van der Waals surface area contributed by atoms with Gasteiger partial charge in [0.2, 0.25) is 0 Å². The van der Waals surface area contributed by atoms with Crippen LogP contribution in [0.5, 0.6) is 0 Å². The Hall–Kier alpha value is -2.50. The van der Waals surface area contributed by atoms with Gasteiger partial charge in [-0.1, -0.05) is 119 Å². The van der Waals surface area contributed by atoms with Crippen molar-refractivity contribution in [2.75, 3.05) is 0 Å². The van der Waals surface area contributed by atoms with Crippen LogP contribution in [0.2, 0.25) is 0 Å². The average molecular weight is 470 g/mol. The van der Waals surface area contributed by atoms with Crippen molar-refractivity contribution < 1.29 is 0 Å². The molecule has 0 heterocycles. The lowest BCUT2D eigenvalue weighted by Crippen LogP contribution is -2.29. The number of hydrogen-bond acceptors (Lipinski definition) is 1. The van der Waals surface area contributed by atoms with E-state index < -0.39 is 0 Å². The summed E-state index contributed by atoms with van der Waals surface area (Å²) in [6, 6.07) is 23.6. The lowest BCUT2D eigenvalue weighted by molar-refractivity contribution is 0.554. The number of hydrogen-bond donors (Lipinski definition) is 0. The van der Waals surface area contributed by atoms with Gasteiger partial charge in [0.1, 0.15) is 0 Å². The van der Waals surface area contributed by atoms with Gasteiger partial charge in [-0.2, -0.15) is 0 Å². The molecule has 1 nitrogen and oxygen atoms in total. The number of rotatable bonds is 4. The predicted octanol–water partition coefficient (Wildman–Crippen LogP) is 8.75. The molecule has 34 heavy (non-hydrogen) atoms. The number of benzene rings is 3. The van der Waals surface area contributed by atoms with E-state index in [4.69, 9.17) is 0 Å². The highest BCUT2D eigenvalue weighted by molar-refractivity contribution is 7.48. The van der Waals surface area contributed by atoms with Crippen molar-refractivity contribution in [1.29, 1.82) is 0 Å². The third kappa shape index (κ3) is 6.77. The van der Waals surface area contributed by atoms with Gasteiger partial charge in [-0.05, 0) is 68.1 Å². The van der Waals surface area contributed by atoms with Crippen molar-refractivity contribution in [2.24, 2.45) is 4.99 Å². The van der Waals surface area contributed by atoms with Gasteiger partial charge in [-0.3, -0.25) is 4.99 Å². The first-order valence-corrected chi connectivity index (χ1v) is 13.1. The molecule has 0 aliphatic carbocycles. The van der Waals surface area contributed by atoms with Crippen molar-refractivity contribution in [2.45, 2.75) is 78.6 Å². The fraction of sp³-hybridized carbons (Fsp3) is 0.375. The maximum Gasteiger partial charge on any atom is 0.0629 e. The summed E-state index contributed by atoms with van der Waals surface area (Å²) < 4.78 is 0. The molecule has 0 aliphatic heterocycles. The minimum absolute atomic E-state index is 0.0711. The van der Waals surface area contributed by atoms with Crippen LogP contribution in [0.3, 0.4) is 0 Å². The molecule has 0 bridgehead atoms. The van der Waals surface area contributed by atoms with E-state index in [0.717, 1.165) is 11.3 Å². The molecular formula is C32H40NP. The Balaban J connectivity index is 2.06. The molecule has 2 heteroatoms. The van der Waals surface area contributed by atoms with Gasteiger partial charge in [-0.25, -0.2) is 0 Å². The third-order valence-corrected chi connectivity index (χ3v) is 7.13. The number of para-hydroxylation sites is 1. The van der Waals surface area contributed by atoms with Crippen LogP contribution in [-0.2, 0) is 16.2 Å². The van der Waals surface area contributed by atoms with E-state index >= 15 is 0 Å². The Morgan fingerprint density at radius 3 is 1.71 bits per heavy atom. The second kappa shape index (κ2) is 10.0. The molecule has 0 amide bonds. The molecule has 0 unspecified atom stereocenters. The topological polar surface area (TPSA) is 12.4 Å². The van der Waals surface area contributed by atoms with Gasteiger partial charge in [0, 0.05) is 11.5 Å². The SMILES string of the molecule is CC(C)(C)c1cc(C(C)(C)C)c(P=Cc2cccc(C=Nc3ccccc3)c2)c(C(C)(C)C)c1. The van der Waals surface area contributed by atoms with E-state index in [2.05, 4.69) is 110 Å². The molecule has 0 radical (unpaired) electrons. The van der Waals surface area contributed by atoms with Gasteiger partial charge in [0.05, 0.1) is 5.69 Å². The third-order valence-electron chi connectivity index (χ3n) is 5.96. The van der Waals surface area contributed by atoms with Crippen LogP contribution in [-0.4, -0.2) is 12.0 Å². The van der Waals surface area contributed by atoms with Crippen LogP contribution in [0.15, 0.2) is 71.7 Å². The standard InChI is InChI=1S/C32H40NP/c1-30(2,3)25-19-27(31(4,5)6)29(28(20-25)32(7,8)9)34-22-24-15-13-14-23(18-24)21-33-26-16-11-10-12-17-26/h10-22H,1-9H3. The summed E-state index contributed by atoms with van der Waals surface area (Å²) in [5, 5.41) is 1.44. The summed E-state index contributed by atoms with van der Waals surface area (Å²) >= 11 is 0. The fourth-order valence-electron chi connectivity index (χ4n) is 3.87. The van der Waals surface area contributed by atoms with Crippen molar-refractivity contribution in [3.8, 4) is 0 Å². The van der Waals surface area contributed by atoms with Crippen LogP contribution >= 0.6 is 8.20 Å². The van der Waals surface area contributed by atoms with Crippen molar-refractivity contribution in [3.05, 3.63) is 94.5 Å². The zero-order valence-corrected chi connectivity index (χ0v) is 23.3. The van der Waals surface area contributed by atoms with E-state index in [9.17, 15) is 0 Å². The van der Waals surface area contributed by atoms with Gasteiger partial charge >= 0.3 is 0 Å². The lowest BCUT2D eigenvalue weighted by atomic mass is 9.75. The normalized spacial score (nSPS) is 13.2. The first-order valence-electron chi connectivity index (χ1n) is 12.2. The monoisotopic (exact) mass is 469 g/mol. The Morgan fingerprint density at radius 1 is 0.618 bits per heavy atom. The Morgan fingerprint density at radius 2 is 1.18 bits per heavy atom. The van der Waals surface area contributed by atoms with E-state index in [-0.39, 0.29) is 16.2 Å². The number of aliphatic imine (C=N–C) groups is 1. The maximum atomic E-state index is 4.62. The Labute approximate surface area is 209 Å². The fourth-order valence-corrected chi connectivity index (χ4v) is 5.39. The molecular weight excluding hydrogens is 429 g/mol.